The van der Waals surface area contributed by atoms with Gasteiger partial charge in [-0.3, -0.25) is 14.8 Å². The molecule has 0 bridgehead atoms. The average molecular weight is 423 g/mol. The minimum atomic E-state index is -0.103. The number of pyridine rings is 2. The molecular weight excluding hydrogens is 402 g/mol. The van der Waals surface area contributed by atoms with Crippen LogP contribution in [0.3, 0.4) is 0 Å². The number of carbonyl (C=O) groups excluding carboxylic acids is 1. The lowest BCUT2D eigenvalue weighted by molar-refractivity contribution is -0.120. The van der Waals surface area contributed by atoms with Gasteiger partial charge in [-0.25, -0.2) is 0 Å². The summed E-state index contributed by atoms with van der Waals surface area (Å²) in [5.74, 6) is 1.31. The van der Waals surface area contributed by atoms with Crippen molar-refractivity contribution in [2.75, 3.05) is 7.11 Å². The second-order valence-electron chi connectivity index (χ2n) is 7.43. The molecule has 2 aromatic carbocycles. The van der Waals surface area contributed by atoms with E-state index in [1.807, 2.05) is 66.7 Å². The fourth-order valence-electron chi connectivity index (χ4n) is 3.81. The van der Waals surface area contributed by atoms with Crippen LogP contribution in [0.15, 0.2) is 83.5 Å². The molecule has 0 spiro atoms. The number of hydrogen-bond acceptors (Lipinski definition) is 5. The number of methoxy groups -OCH3 is 1. The Morgan fingerprint density at radius 2 is 1.81 bits per heavy atom. The number of amides is 1. The Kier molecular flexibility index (Phi) is 5.25. The second-order valence-corrected chi connectivity index (χ2v) is 7.43. The Morgan fingerprint density at radius 1 is 0.969 bits per heavy atom. The van der Waals surface area contributed by atoms with Crippen LogP contribution in [0.2, 0.25) is 0 Å². The summed E-state index contributed by atoms with van der Waals surface area (Å²) in [7, 11) is 1.63. The number of aromatic nitrogens is 2. The summed E-state index contributed by atoms with van der Waals surface area (Å²) in [4.78, 5) is 21.6. The summed E-state index contributed by atoms with van der Waals surface area (Å²) in [5, 5.41) is 4.83. The molecule has 6 heteroatoms. The number of carbonyl (C=O) groups is 1. The monoisotopic (exact) mass is 423 g/mol. The minimum Gasteiger partial charge on any atom is -0.497 e. The number of nitrogens with one attached hydrogen (secondary N) is 1. The Labute approximate surface area is 184 Å². The number of rotatable bonds is 6. The van der Waals surface area contributed by atoms with Crippen LogP contribution < -0.4 is 10.1 Å². The van der Waals surface area contributed by atoms with Gasteiger partial charge in [0.25, 0.3) is 0 Å². The van der Waals surface area contributed by atoms with E-state index < -0.39 is 0 Å². The summed E-state index contributed by atoms with van der Waals surface area (Å²) in [6.07, 6.45) is 3.64. The first-order chi connectivity index (χ1) is 15.7. The summed E-state index contributed by atoms with van der Waals surface area (Å²) in [6, 6.07) is 21.2. The number of furan rings is 1. The quantitative estimate of drug-likeness (QED) is 0.420. The molecule has 0 aliphatic carbocycles. The Bertz CT molecular complexity index is 1390. The topological polar surface area (TPSA) is 77.2 Å². The lowest BCUT2D eigenvalue weighted by Crippen LogP contribution is -2.25. The van der Waals surface area contributed by atoms with E-state index in [9.17, 15) is 4.79 Å². The average Bonchev–Trinajstić information content (AvgIpc) is 3.22. The predicted octanol–water partition coefficient (Wildman–Crippen LogP) is 4.91. The predicted molar refractivity (Wildman–Crippen MR) is 123 cm³/mol. The maximum absolute atomic E-state index is 12.9. The van der Waals surface area contributed by atoms with Crippen LogP contribution in [0.5, 0.6) is 5.75 Å². The summed E-state index contributed by atoms with van der Waals surface area (Å²) in [5.41, 5.74) is 3.97. The van der Waals surface area contributed by atoms with Crippen molar-refractivity contribution in [3.63, 3.8) is 0 Å². The van der Waals surface area contributed by atoms with Crippen LogP contribution in [0.1, 0.15) is 11.3 Å². The standard InChI is InChI=1S/C26H21N3O3/c1-31-20-10-7-18(8-11-20)25-22(15-23(30)29-16-19-6-2-3-13-27-19)21-12-9-17-5-4-14-28-24(17)26(21)32-25/h2-14H,15-16H2,1H3,(H,29,30). The van der Waals surface area contributed by atoms with Gasteiger partial charge in [0, 0.05) is 34.3 Å². The molecule has 0 unspecified atom stereocenters. The van der Waals surface area contributed by atoms with E-state index in [1.54, 1.807) is 19.5 Å². The van der Waals surface area contributed by atoms with Gasteiger partial charge in [0.15, 0.2) is 5.58 Å². The van der Waals surface area contributed by atoms with Gasteiger partial charge in [-0.2, -0.15) is 0 Å². The van der Waals surface area contributed by atoms with Crippen molar-refractivity contribution in [3.05, 3.63) is 90.4 Å². The first-order valence-electron chi connectivity index (χ1n) is 10.3. The zero-order valence-electron chi connectivity index (χ0n) is 17.5. The zero-order chi connectivity index (χ0) is 21.9. The van der Waals surface area contributed by atoms with Gasteiger partial charge in [-0.05, 0) is 42.5 Å². The van der Waals surface area contributed by atoms with Crippen molar-refractivity contribution in [2.24, 2.45) is 0 Å². The highest BCUT2D eigenvalue weighted by Crippen LogP contribution is 2.37. The maximum atomic E-state index is 12.9. The highest BCUT2D eigenvalue weighted by atomic mass is 16.5. The third kappa shape index (κ3) is 3.78. The number of fused-ring (bicyclic) bond motifs is 3. The molecule has 6 nitrogen and oxygen atoms in total. The van der Waals surface area contributed by atoms with Gasteiger partial charge in [-0.1, -0.05) is 24.3 Å². The molecule has 0 saturated carbocycles. The summed E-state index contributed by atoms with van der Waals surface area (Å²) < 4.78 is 11.6. The highest BCUT2D eigenvalue weighted by molar-refractivity contribution is 6.06. The van der Waals surface area contributed by atoms with Crippen molar-refractivity contribution >= 4 is 27.8 Å². The molecule has 0 aliphatic heterocycles. The van der Waals surface area contributed by atoms with E-state index >= 15 is 0 Å². The van der Waals surface area contributed by atoms with Gasteiger partial charge in [0.2, 0.25) is 5.91 Å². The molecule has 5 aromatic rings. The van der Waals surface area contributed by atoms with Crippen molar-refractivity contribution in [2.45, 2.75) is 13.0 Å². The first kappa shape index (κ1) is 19.8. The fraction of sp³-hybridized carbons (Fsp3) is 0.115. The normalized spacial score (nSPS) is 11.0. The molecule has 3 aromatic heterocycles. The third-order valence-electron chi connectivity index (χ3n) is 5.41. The molecule has 32 heavy (non-hydrogen) atoms. The fourth-order valence-corrected chi connectivity index (χ4v) is 3.81. The van der Waals surface area contributed by atoms with Gasteiger partial charge >= 0.3 is 0 Å². The van der Waals surface area contributed by atoms with Crippen molar-refractivity contribution in [1.29, 1.82) is 0 Å². The van der Waals surface area contributed by atoms with Crippen molar-refractivity contribution in [1.82, 2.24) is 15.3 Å². The molecule has 0 aliphatic rings. The van der Waals surface area contributed by atoms with Crippen LogP contribution in [-0.2, 0) is 17.8 Å². The first-order valence-corrected chi connectivity index (χ1v) is 10.3. The number of hydrogen-bond donors (Lipinski definition) is 1. The molecular formula is C26H21N3O3. The van der Waals surface area contributed by atoms with E-state index in [-0.39, 0.29) is 12.3 Å². The zero-order valence-corrected chi connectivity index (χ0v) is 17.5. The third-order valence-corrected chi connectivity index (χ3v) is 5.41. The lowest BCUT2D eigenvalue weighted by atomic mass is 10.0. The molecule has 0 atom stereocenters. The maximum Gasteiger partial charge on any atom is 0.224 e. The molecule has 3 heterocycles. The molecule has 0 radical (unpaired) electrons. The summed E-state index contributed by atoms with van der Waals surface area (Å²) >= 11 is 0. The molecule has 0 saturated heterocycles. The van der Waals surface area contributed by atoms with Gasteiger partial charge in [-0.15, -0.1) is 0 Å². The minimum absolute atomic E-state index is 0.103. The van der Waals surface area contributed by atoms with Crippen LogP contribution in [0.25, 0.3) is 33.2 Å². The van der Waals surface area contributed by atoms with Crippen LogP contribution in [0.4, 0.5) is 0 Å². The Hall–Kier alpha value is -4.19. The lowest BCUT2D eigenvalue weighted by Gasteiger charge is -2.07. The van der Waals surface area contributed by atoms with Gasteiger partial charge in [0.05, 0.1) is 25.8 Å². The molecule has 5 rings (SSSR count). The van der Waals surface area contributed by atoms with Gasteiger partial charge < -0.3 is 14.5 Å². The molecule has 1 amide bonds. The molecule has 158 valence electrons. The van der Waals surface area contributed by atoms with Crippen molar-refractivity contribution < 1.29 is 13.9 Å². The Balaban J connectivity index is 1.55. The Morgan fingerprint density at radius 3 is 2.59 bits per heavy atom. The largest absolute Gasteiger partial charge is 0.497 e. The van der Waals surface area contributed by atoms with Crippen LogP contribution >= 0.6 is 0 Å². The van der Waals surface area contributed by atoms with Crippen LogP contribution in [-0.4, -0.2) is 23.0 Å². The SMILES string of the molecule is COc1ccc(-c2oc3c(ccc4cccnc43)c2CC(=O)NCc2ccccn2)cc1. The van der Waals surface area contributed by atoms with Crippen molar-refractivity contribution in [3.8, 4) is 17.1 Å². The van der Waals surface area contributed by atoms with E-state index in [0.29, 0.717) is 17.9 Å². The second kappa shape index (κ2) is 8.51. The highest BCUT2D eigenvalue weighted by Gasteiger charge is 2.20. The number of nitrogens with zero attached hydrogens (tertiary/aromatic N) is 2. The summed E-state index contributed by atoms with van der Waals surface area (Å²) in [6.45, 7) is 0.373. The van der Waals surface area contributed by atoms with Gasteiger partial charge in [0.1, 0.15) is 17.0 Å². The number of ether oxygens (including phenoxy) is 1. The molecule has 0 fully saturated rings. The van der Waals surface area contributed by atoms with E-state index in [1.165, 1.54) is 0 Å². The number of benzene rings is 2. The van der Waals surface area contributed by atoms with E-state index in [0.717, 1.165) is 38.9 Å². The van der Waals surface area contributed by atoms with E-state index in [4.69, 9.17) is 9.15 Å². The smallest absolute Gasteiger partial charge is 0.224 e. The van der Waals surface area contributed by atoms with Crippen LogP contribution in [0, 0.1) is 0 Å². The molecule has 1 N–H and O–H groups in total. The van der Waals surface area contributed by atoms with E-state index in [2.05, 4.69) is 15.3 Å².